The molecule has 1 saturated heterocycles. The van der Waals surface area contributed by atoms with Crippen molar-refractivity contribution in [1.82, 2.24) is 9.97 Å². The third kappa shape index (κ3) is 2.40. The first-order valence-corrected chi connectivity index (χ1v) is 7.46. The number of carbonyl (C=O) groups is 2. The number of aromatic nitrogens is 2. The number of benzene rings is 1. The van der Waals surface area contributed by atoms with Crippen molar-refractivity contribution in [2.75, 3.05) is 11.4 Å². The van der Waals surface area contributed by atoms with Crippen LogP contribution in [0.3, 0.4) is 0 Å². The molecule has 1 fully saturated rings. The van der Waals surface area contributed by atoms with E-state index < -0.39 is 11.9 Å². The van der Waals surface area contributed by atoms with E-state index in [2.05, 4.69) is 9.97 Å². The number of pyridine rings is 1. The molecule has 1 amide bonds. The minimum atomic E-state index is -0.952. The van der Waals surface area contributed by atoms with Gasteiger partial charge in [0.1, 0.15) is 5.52 Å². The topological polar surface area (TPSA) is 96.5 Å². The van der Waals surface area contributed by atoms with Gasteiger partial charge in [-0.2, -0.15) is 0 Å². The third-order valence-corrected chi connectivity index (χ3v) is 4.09. The molecule has 0 bridgehead atoms. The Morgan fingerprint density at radius 3 is 2.75 bits per heavy atom. The van der Waals surface area contributed by atoms with Gasteiger partial charge in [-0.05, 0) is 24.3 Å². The molecule has 1 aromatic carbocycles. The maximum absolute atomic E-state index is 12.1. The van der Waals surface area contributed by atoms with Crippen molar-refractivity contribution in [3.63, 3.8) is 0 Å². The van der Waals surface area contributed by atoms with E-state index in [-0.39, 0.29) is 18.9 Å². The molecule has 2 aromatic heterocycles. The highest BCUT2D eigenvalue weighted by Gasteiger charge is 2.35. The van der Waals surface area contributed by atoms with Gasteiger partial charge in [-0.1, -0.05) is 0 Å². The Kier molecular flexibility index (Phi) is 3.26. The van der Waals surface area contributed by atoms with Crippen LogP contribution in [0.1, 0.15) is 6.42 Å². The Bertz CT molecular complexity index is 935. The van der Waals surface area contributed by atoms with Gasteiger partial charge in [0.15, 0.2) is 5.58 Å². The maximum atomic E-state index is 12.1. The van der Waals surface area contributed by atoms with Crippen LogP contribution in [0, 0.1) is 5.92 Å². The summed E-state index contributed by atoms with van der Waals surface area (Å²) in [6, 6.07) is 8.83. The molecule has 0 saturated carbocycles. The highest BCUT2D eigenvalue weighted by Crippen LogP contribution is 2.30. The molecule has 4 rings (SSSR count). The number of anilines is 1. The summed E-state index contributed by atoms with van der Waals surface area (Å²) in [5.74, 6) is -1.35. The van der Waals surface area contributed by atoms with Crippen molar-refractivity contribution < 1.29 is 19.1 Å². The van der Waals surface area contributed by atoms with Crippen LogP contribution < -0.4 is 4.90 Å². The molecule has 3 heterocycles. The second-order valence-electron chi connectivity index (χ2n) is 5.65. The molecule has 24 heavy (non-hydrogen) atoms. The molecule has 0 unspecified atom stereocenters. The molecular formula is C17H13N3O4. The lowest BCUT2D eigenvalue weighted by atomic mass is 10.1. The third-order valence-electron chi connectivity index (χ3n) is 4.09. The van der Waals surface area contributed by atoms with Gasteiger partial charge in [-0.15, -0.1) is 0 Å². The summed E-state index contributed by atoms with van der Waals surface area (Å²) in [5, 5.41) is 9.08. The zero-order valence-electron chi connectivity index (χ0n) is 12.5. The number of carbonyl (C=O) groups excluding carboxylic acids is 1. The number of amides is 1. The van der Waals surface area contributed by atoms with Crippen molar-refractivity contribution in [2.24, 2.45) is 5.92 Å². The van der Waals surface area contributed by atoms with Crippen LogP contribution in [0.2, 0.25) is 0 Å². The summed E-state index contributed by atoms with van der Waals surface area (Å²) in [6.07, 6.45) is 3.33. The molecule has 3 aromatic rings. The van der Waals surface area contributed by atoms with Gasteiger partial charge < -0.3 is 14.4 Å². The van der Waals surface area contributed by atoms with Gasteiger partial charge in [-0.3, -0.25) is 14.6 Å². The molecular weight excluding hydrogens is 310 g/mol. The van der Waals surface area contributed by atoms with Gasteiger partial charge in [0.05, 0.1) is 5.92 Å². The standard InChI is InChI=1S/C17H13N3O4/c21-15-7-11(17(22)23)9-20(15)12-1-2-13-14(8-12)24-16(19-13)10-3-5-18-6-4-10/h1-6,8,11H,7,9H2,(H,22,23)/t11-/m0/s1. The average molecular weight is 323 g/mol. The van der Waals surface area contributed by atoms with Crippen molar-refractivity contribution in [1.29, 1.82) is 0 Å². The summed E-state index contributed by atoms with van der Waals surface area (Å²) in [4.78, 5) is 33.0. The van der Waals surface area contributed by atoms with E-state index in [1.165, 1.54) is 4.90 Å². The van der Waals surface area contributed by atoms with Crippen LogP contribution in [0.5, 0.6) is 0 Å². The predicted molar refractivity (Wildman–Crippen MR) is 85.3 cm³/mol. The average Bonchev–Trinajstić information content (AvgIpc) is 3.18. The van der Waals surface area contributed by atoms with Crippen LogP contribution in [0.25, 0.3) is 22.6 Å². The number of carboxylic acids is 1. The fourth-order valence-electron chi connectivity index (χ4n) is 2.82. The molecule has 7 heteroatoms. The molecule has 1 atom stereocenters. The lowest BCUT2D eigenvalue weighted by Gasteiger charge is -2.15. The number of hydrogen-bond donors (Lipinski definition) is 1. The largest absolute Gasteiger partial charge is 0.481 e. The summed E-state index contributed by atoms with van der Waals surface area (Å²) >= 11 is 0. The quantitative estimate of drug-likeness (QED) is 0.794. The van der Waals surface area contributed by atoms with E-state index >= 15 is 0 Å². The Morgan fingerprint density at radius 1 is 1.25 bits per heavy atom. The summed E-state index contributed by atoms with van der Waals surface area (Å²) in [7, 11) is 0. The molecule has 0 aliphatic carbocycles. The first-order chi connectivity index (χ1) is 11.6. The maximum Gasteiger partial charge on any atom is 0.308 e. The van der Waals surface area contributed by atoms with E-state index in [0.717, 1.165) is 5.56 Å². The van der Waals surface area contributed by atoms with E-state index in [0.29, 0.717) is 22.7 Å². The van der Waals surface area contributed by atoms with Gasteiger partial charge in [-0.25, -0.2) is 4.98 Å². The van der Waals surface area contributed by atoms with Crippen LogP contribution in [-0.4, -0.2) is 33.5 Å². The Morgan fingerprint density at radius 2 is 2.04 bits per heavy atom. The van der Waals surface area contributed by atoms with E-state index in [1.807, 2.05) is 0 Å². The number of carboxylic acid groups (broad SMARTS) is 1. The van der Waals surface area contributed by atoms with Crippen LogP contribution >= 0.6 is 0 Å². The number of fused-ring (bicyclic) bond motifs is 1. The molecule has 7 nitrogen and oxygen atoms in total. The second kappa shape index (κ2) is 5.45. The first-order valence-electron chi connectivity index (χ1n) is 7.46. The number of rotatable bonds is 3. The van der Waals surface area contributed by atoms with Gasteiger partial charge >= 0.3 is 5.97 Å². The van der Waals surface area contributed by atoms with E-state index in [1.54, 1.807) is 42.7 Å². The van der Waals surface area contributed by atoms with Crippen LogP contribution in [0.4, 0.5) is 5.69 Å². The molecule has 1 N–H and O–H groups in total. The van der Waals surface area contributed by atoms with Crippen LogP contribution in [0.15, 0.2) is 47.1 Å². The molecule has 0 spiro atoms. The monoisotopic (exact) mass is 323 g/mol. The van der Waals surface area contributed by atoms with Gasteiger partial charge in [0.2, 0.25) is 11.8 Å². The molecule has 120 valence electrons. The minimum absolute atomic E-state index is 0.0199. The normalized spacial score (nSPS) is 17.6. The minimum Gasteiger partial charge on any atom is -0.481 e. The number of nitrogens with zero attached hydrogens (tertiary/aromatic N) is 3. The van der Waals surface area contributed by atoms with E-state index in [4.69, 9.17) is 9.52 Å². The van der Waals surface area contributed by atoms with Crippen molar-refractivity contribution in [3.8, 4) is 11.5 Å². The van der Waals surface area contributed by atoms with E-state index in [9.17, 15) is 9.59 Å². The second-order valence-corrected chi connectivity index (χ2v) is 5.65. The number of aliphatic carboxylic acids is 1. The summed E-state index contributed by atoms with van der Waals surface area (Å²) in [6.45, 7) is 0.172. The fourth-order valence-corrected chi connectivity index (χ4v) is 2.82. The van der Waals surface area contributed by atoms with Gasteiger partial charge in [0, 0.05) is 42.7 Å². The molecule has 1 aliphatic heterocycles. The highest BCUT2D eigenvalue weighted by molar-refractivity contribution is 6.00. The first kappa shape index (κ1) is 14.4. The summed E-state index contributed by atoms with van der Waals surface area (Å²) < 4.78 is 5.77. The number of oxazole rings is 1. The Labute approximate surface area is 136 Å². The Hall–Kier alpha value is -3.22. The zero-order valence-corrected chi connectivity index (χ0v) is 12.5. The fraction of sp³-hybridized carbons (Fsp3) is 0.176. The van der Waals surface area contributed by atoms with Crippen LogP contribution in [-0.2, 0) is 9.59 Å². The predicted octanol–water partition coefficient (Wildman–Crippen LogP) is 2.33. The smallest absolute Gasteiger partial charge is 0.308 e. The highest BCUT2D eigenvalue weighted by atomic mass is 16.4. The van der Waals surface area contributed by atoms with Crippen molar-refractivity contribution >= 4 is 28.7 Å². The number of hydrogen-bond acceptors (Lipinski definition) is 5. The molecule has 1 aliphatic rings. The lowest BCUT2D eigenvalue weighted by Crippen LogP contribution is -2.25. The Balaban J connectivity index is 1.69. The molecule has 0 radical (unpaired) electrons. The van der Waals surface area contributed by atoms with Crippen molar-refractivity contribution in [2.45, 2.75) is 6.42 Å². The lowest BCUT2D eigenvalue weighted by molar-refractivity contribution is -0.141. The zero-order chi connectivity index (χ0) is 16.7. The van der Waals surface area contributed by atoms with Gasteiger partial charge in [0.25, 0.3) is 0 Å². The summed E-state index contributed by atoms with van der Waals surface area (Å²) in [5.41, 5.74) is 2.65. The van der Waals surface area contributed by atoms with Crippen molar-refractivity contribution in [3.05, 3.63) is 42.7 Å². The SMILES string of the molecule is O=C(O)[C@H]1CC(=O)N(c2ccc3nc(-c4ccncc4)oc3c2)C1.